The highest BCUT2D eigenvalue weighted by Crippen LogP contribution is 2.39. The van der Waals surface area contributed by atoms with Crippen LogP contribution in [0.2, 0.25) is 0 Å². The molecule has 3 fully saturated rings. The lowest BCUT2D eigenvalue weighted by atomic mass is 9.90. The maximum Gasteiger partial charge on any atom is 0.255 e. The Morgan fingerprint density at radius 1 is 1.08 bits per heavy atom. The van der Waals surface area contributed by atoms with Gasteiger partial charge in [-0.2, -0.15) is 0 Å². The molecule has 0 atom stereocenters. The average molecular weight is 538 g/mol. The lowest BCUT2D eigenvalue weighted by Gasteiger charge is -2.30. The molecule has 3 saturated carbocycles. The number of rotatable bonds is 9. The number of ether oxygens (including phenoxy) is 2. The van der Waals surface area contributed by atoms with E-state index < -0.39 is 11.4 Å². The van der Waals surface area contributed by atoms with Gasteiger partial charge in [-0.3, -0.25) is 9.59 Å². The molecule has 1 aromatic carbocycles. The quantitative estimate of drug-likeness (QED) is 0.329. The van der Waals surface area contributed by atoms with E-state index in [1.807, 2.05) is 0 Å². The van der Waals surface area contributed by atoms with Crippen molar-refractivity contribution in [3.8, 4) is 22.8 Å². The molecule has 4 N–H and O–H groups in total. The summed E-state index contributed by atoms with van der Waals surface area (Å²) in [5.74, 6) is -0.0620. The van der Waals surface area contributed by atoms with Crippen LogP contribution in [0.1, 0.15) is 61.7 Å². The highest BCUT2D eigenvalue weighted by Gasteiger charge is 2.48. The fraction of sp³-hybridized carbons (Fsp3) is 0.500. The first kappa shape index (κ1) is 25.5. The number of carbonyl (C=O) groups is 2. The Morgan fingerprint density at radius 3 is 2.46 bits per heavy atom. The number of halogens is 1. The fourth-order valence-corrected chi connectivity index (χ4v) is 5.11. The second kappa shape index (κ2) is 10.1. The van der Waals surface area contributed by atoms with Crippen molar-refractivity contribution in [2.75, 3.05) is 13.7 Å². The molecule has 0 radical (unpaired) electrons. The average Bonchev–Trinajstić information content (AvgIpc) is 3.86. The maximum absolute atomic E-state index is 14.7. The molecule has 0 spiro atoms. The number of aromatic nitrogens is 3. The van der Waals surface area contributed by atoms with E-state index in [1.165, 1.54) is 25.6 Å². The highest BCUT2D eigenvalue weighted by atomic mass is 19.1. The van der Waals surface area contributed by atoms with Crippen LogP contribution in [0.4, 0.5) is 4.39 Å². The Hall–Kier alpha value is -3.73. The number of fused-ring (bicyclic) bond motifs is 1. The molecule has 6 rings (SSSR count). The second-order valence-corrected chi connectivity index (χ2v) is 10.9. The van der Waals surface area contributed by atoms with Gasteiger partial charge in [-0.25, -0.2) is 14.4 Å². The predicted molar refractivity (Wildman–Crippen MR) is 140 cm³/mol. The molecule has 10 nitrogen and oxygen atoms in total. The highest BCUT2D eigenvalue weighted by molar-refractivity contribution is 6.08. The standard InChI is InChI=1S/C28H32FN5O5/c1-38-22-11-21(39-13-15-2-3-15)18(10-20(22)29)23-25-24(32-14-31-23)19(12-30-25)26(35)33-16-4-6-17(7-5-16)34-27(36)28(37)8-9-28/h10-12,14-17,30,37H,2-9,13H2,1H3,(H,33,35)(H,34,36)/t16-,17-. The van der Waals surface area contributed by atoms with Gasteiger partial charge in [0.2, 0.25) is 0 Å². The minimum Gasteiger partial charge on any atom is -0.494 e. The molecular weight excluding hydrogens is 505 g/mol. The van der Waals surface area contributed by atoms with Gasteiger partial charge in [-0.05, 0) is 63.4 Å². The largest absolute Gasteiger partial charge is 0.494 e. The molecule has 0 aliphatic heterocycles. The van der Waals surface area contributed by atoms with Crippen molar-refractivity contribution in [1.82, 2.24) is 25.6 Å². The Bertz CT molecular complexity index is 1410. The molecule has 2 heterocycles. The van der Waals surface area contributed by atoms with Gasteiger partial charge in [0.25, 0.3) is 11.8 Å². The first-order chi connectivity index (χ1) is 18.8. The molecule has 206 valence electrons. The van der Waals surface area contributed by atoms with Crippen molar-refractivity contribution < 1.29 is 28.6 Å². The fourth-order valence-electron chi connectivity index (χ4n) is 5.11. The molecule has 2 aromatic heterocycles. The van der Waals surface area contributed by atoms with Gasteiger partial charge < -0.3 is 30.2 Å². The Morgan fingerprint density at radius 2 is 1.79 bits per heavy atom. The van der Waals surface area contributed by atoms with Crippen LogP contribution in [0.15, 0.2) is 24.7 Å². The van der Waals surface area contributed by atoms with Crippen molar-refractivity contribution in [3.63, 3.8) is 0 Å². The smallest absolute Gasteiger partial charge is 0.255 e. The topological polar surface area (TPSA) is 138 Å². The number of hydrogen-bond donors (Lipinski definition) is 4. The van der Waals surface area contributed by atoms with Crippen LogP contribution in [0.25, 0.3) is 22.3 Å². The van der Waals surface area contributed by atoms with Gasteiger partial charge >= 0.3 is 0 Å². The number of nitrogens with one attached hydrogen (secondary N) is 3. The van der Waals surface area contributed by atoms with Crippen molar-refractivity contribution in [2.45, 2.75) is 69.1 Å². The van der Waals surface area contributed by atoms with E-state index in [0.29, 0.717) is 71.8 Å². The summed E-state index contributed by atoms with van der Waals surface area (Å²) in [6, 6.07) is 2.82. The van der Waals surface area contributed by atoms with Crippen LogP contribution in [-0.2, 0) is 4.79 Å². The molecule has 2 amide bonds. The van der Waals surface area contributed by atoms with E-state index >= 15 is 0 Å². The van der Waals surface area contributed by atoms with Gasteiger partial charge in [0.1, 0.15) is 28.9 Å². The summed E-state index contributed by atoms with van der Waals surface area (Å²) in [6.45, 7) is 0.529. The van der Waals surface area contributed by atoms with E-state index in [9.17, 15) is 19.1 Å². The zero-order valence-electron chi connectivity index (χ0n) is 21.8. The third-order valence-electron chi connectivity index (χ3n) is 7.93. The van der Waals surface area contributed by atoms with Crippen LogP contribution < -0.4 is 20.1 Å². The third-order valence-corrected chi connectivity index (χ3v) is 7.93. The van der Waals surface area contributed by atoms with Crippen LogP contribution in [-0.4, -0.2) is 63.3 Å². The molecule has 0 bridgehead atoms. The minimum absolute atomic E-state index is 0.000105. The Balaban J connectivity index is 1.18. The third kappa shape index (κ3) is 5.27. The maximum atomic E-state index is 14.7. The minimum atomic E-state index is -1.18. The first-order valence-corrected chi connectivity index (χ1v) is 13.5. The summed E-state index contributed by atoms with van der Waals surface area (Å²) >= 11 is 0. The number of H-pyrrole nitrogens is 1. The van der Waals surface area contributed by atoms with Gasteiger partial charge in [0.15, 0.2) is 11.6 Å². The van der Waals surface area contributed by atoms with Gasteiger partial charge in [0, 0.05) is 29.9 Å². The number of hydrogen-bond acceptors (Lipinski definition) is 7. The van der Waals surface area contributed by atoms with Gasteiger partial charge in [-0.15, -0.1) is 0 Å². The number of carbonyl (C=O) groups excluding carboxylic acids is 2. The number of aromatic amines is 1. The van der Waals surface area contributed by atoms with Crippen LogP contribution in [0.3, 0.4) is 0 Å². The summed E-state index contributed by atoms with van der Waals surface area (Å²) < 4.78 is 25.9. The molecule has 3 aliphatic rings. The summed E-state index contributed by atoms with van der Waals surface area (Å²) in [5, 5.41) is 16.0. The SMILES string of the molecule is COc1cc(OCC2CC2)c(-c2ncnc3c(C(=O)N[C@H]4CC[C@H](NC(=O)C5(O)CC5)CC4)c[nH]c23)cc1F. The Labute approximate surface area is 224 Å². The number of benzene rings is 1. The molecule has 11 heteroatoms. The van der Waals surface area contributed by atoms with Crippen LogP contribution >= 0.6 is 0 Å². The summed E-state index contributed by atoms with van der Waals surface area (Å²) in [4.78, 5) is 37.2. The zero-order chi connectivity index (χ0) is 27.1. The van der Waals surface area contributed by atoms with Crippen molar-refractivity contribution in [3.05, 3.63) is 36.0 Å². The predicted octanol–water partition coefficient (Wildman–Crippen LogP) is 3.24. The van der Waals surface area contributed by atoms with E-state index in [2.05, 4.69) is 25.6 Å². The monoisotopic (exact) mass is 537 g/mol. The van der Waals surface area contributed by atoms with Crippen molar-refractivity contribution in [2.24, 2.45) is 5.92 Å². The number of nitrogens with zero attached hydrogens (tertiary/aromatic N) is 2. The van der Waals surface area contributed by atoms with Gasteiger partial charge in [0.05, 0.1) is 24.8 Å². The van der Waals surface area contributed by atoms with E-state index in [0.717, 1.165) is 25.7 Å². The molecule has 0 saturated heterocycles. The second-order valence-electron chi connectivity index (χ2n) is 10.9. The summed E-state index contributed by atoms with van der Waals surface area (Å²) in [5.41, 5.74) is 1.01. The van der Waals surface area contributed by atoms with Crippen molar-refractivity contribution in [1.29, 1.82) is 0 Å². The lowest BCUT2D eigenvalue weighted by Crippen LogP contribution is -2.47. The normalized spacial score (nSPS) is 21.8. The molecule has 39 heavy (non-hydrogen) atoms. The van der Waals surface area contributed by atoms with E-state index in [1.54, 1.807) is 6.20 Å². The van der Waals surface area contributed by atoms with Crippen LogP contribution in [0.5, 0.6) is 11.5 Å². The lowest BCUT2D eigenvalue weighted by molar-refractivity contribution is -0.132. The zero-order valence-corrected chi connectivity index (χ0v) is 21.8. The van der Waals surface area contributed by atoms with Crippen molar-refractivity contribution >= 4 is 22.8 Å². The molecule has 3 aromatic rings. The molecule has 0 unspecified atom stereocenters. The number of methoxy groups -OCH3 is 1. The van der Waals surface area contributed by atoms with E-state index in [-0.39, 0.29) is 29.6 Å². The van der Waals surface area contributed by atoms with Gasteiger partial charge in [-0.1, -0.05) is 0 Å². The van der Waals surface area contributed by atoms with E-state index in [4.69, 9.17) is 9.47 Å². The Kier molecular flexibility index (Phi) is 6.62. The first-order valence-electron chi connectivity index (χ1n) is 13.5. The summed E-state index contributed by atoms with van der Waals surface area (Å²) in [7, 11) is 1.41. The summed E-state index contributed by atoms with van der Waals surface area (Å²) in [6.07, 6.45) is 9.07. The number of aliphatic hydroxyl groups is 1. The molecular formula is C28H32FN5O5. The molecule has 3 aliphatic carbocycles. The number of amides is 2. The van der Waals surface area contributed by atoms with Crippen LogP contribution in [0, 0.1) is 11.7 Å².